The van der Waals surface area contributed by atoms with Crippen molar-refractivity contribution in [1.29, 1.82) is 0 Å². The minimum Gasteiger partial charge on any atom is -0.480 e. The lowest BCUT2D eigenvalue weighted by Crippen LogP contribution is -2.42. The molecule has 1 aliphatic heterocycles. The fourth-order valence-electron chi connectivity index (χ4n) is 1.92. The summed E-state index contributed by atoms with van der Waals surface area (Å²) >= 11 is 0. The molecule has 2 rings (SSSR count). The van der Waals surface area contributed by atoms with E-state index in [0.717, 1.165) is 12.1 Å². The molecule has 2 N–H and O–H groups in total. The Kier molecular flexibility index (Phi) is 2.76. The van der Waals surface area contributed by atoms with E-state index in [9.17, 15) is 19.3 Å². The van der Waals surface area contributed by atoms with E-state index in [2.05, 4.69) is 5.32 Å². The third kappa shape index (κ3) is 1.96. The van der Waals surface area contributed by atoms with E-state index in [4.69, 9.17) is 5.11 Å². The molecular weight excluding hydrogens is 231 g/mol. The van der Waals surface area contributed by atoms with Gasteiger partial charge >= 0.3 is 5.97 Å². The molecule has 0 saturated heterocycles. The molecular formula is C10H9FN2O4. The van der Waals surface area contributed by atoms with Crippen LogP contribution in [-0.2, 0) is 17.8 Å². The van der Waals surface area contributed by atoms with Gasteiger partial charge < -0.3 is 5.11 Å². The van der Waals surface area contributed by atoms with E-state index in [-0.39, 0.29) is 29.8 Å². The van der Waals surface area contributed by atoms with Crippen LogP contribution in [0.3, 0.4) is 0 Å². The van der Waals surface area contributed by atoms with Crippen molar-refractivity contribution in [2.75, 3.05) is 0 Å². The van der Waals surface area contributed by atoms with Gasteiger partial charge in [0, 0.05) is 30.2 Å². The number of fused-ring (bicyclic) bond motifs is 1. The van der Waals surface area contributed by atoms with Gasteiger partial charge in [0.15, 0.2) is 0 Å². The molecule has 1 aliphatic rings. The van der Waals surface area contributed by atoms with Gasteiger partial charge in [-0.2, -0.15) is 0 Å². The zero-order valence-electron chi connectivity index (χ0n) is 8.64. The molecule has 1 atom stereocenters. The van der Waals surface area contributed by atoms with Crippen LogP contribution in [0.15, 0.2) is 12.1 Å². The summed E-state index contributed by atoms with van der Waals surface area (Å²) in [5.74, 6) is -1.66. The maximum Gasteiger partial charge on any atom is 0.321 e. The Hall–Kier alpha value is -2.02. The highest BCUT2D eigenvalue weighted by Gasteiger charge is 2.30. The number of hydrogen-bond donors (Lipinski definition) is 2. The van der Waals surface area contributed by atoms with Crippen LogP contribution >= 0.6 is 0 Å². The lowest BCUT2D eigenvalue weighted by atomic mass is 9.94. The Balaban J connectivity index is 2.49. The van der Waals surface area contributed by atoms with Gasteiger partial charge in [0.25, 0.3) is 5.69 Å². The molecule has 0 aliphatic carbocycles. The zero-order chi connectivity index (χ0) is 12.6. The van der Waals surface area contributed by atoms with Crippen LogP contribution in [0.2, 0.25) is 0 Å². The number of carbonyl (C=O) groups is 1. The summed E-state index contributed by atoms with van der Waals surface area (Å²) in [4.78, 5) is 21.0. The molecule has 0 aromatic heterocycles. The summed E-state index contributed by atoms with van der Waals surface area (Å²) in [5, 5.41) is 22.2. The van der Waals surface area contributed by atoms with Crippen LogP contribution in [-0.4, -0.2) is 22.0 Å². The highest BCUT2D eigenvalue weighted by Crippen LogP contribution is 2.28. The first kappa shape index (κ1) is 11.5. The van der Waals surface area contributed by atoms with Crippen molar-refractivity contribution in [1.82, 2.24) is 5.32 Å². The van der Waals surface area contributed by atoms with E-state index in [1.165, 1.54) is 0 Å². The molecule has 7 heteroatoms. The van der Waals surface area contributed by atoms with Gasteiger partial charge in [-0.3, -0.25) is 20.2 Å². The second-order valence-corrected chi connectivity index (χ2v) is 3.76. The average molecular weight is 240 g/mol. The van der Waals surface area contributed by atoms with E-state index < -0.39 is 22.8 Å². The van der Waals surface area contributed by atoms with Crippen molar-refractivity contribution in [2.24, 2.45) is 0 Å². The highest BCUT2D eigenvalue weighted by atomic mass is 19.1. The molecule has 0 radical (unpaired) electrons. The van der Waals surface area contributed by atoms with Gasteiger partial charge in [0.1, 0.15) is 11.9 Å². The number of benzene rings is 1. The van der Waals surface area contributed by atoms with Crippen molar-refractivity contribution in [3.63, 3.8) is 0 Å². The summed E-state index contributed by atoms with van der Waals surface area (Å²) in [6.07, 6.45) is -0.0846. The third-order valence-electron chi connectivity index (χ3n) is 2.78. The van der Waals surface area contributed by atoms with Crippen LogP contribution < -0.4 is 5.32 Å². The summed E-state index contributed by atoms with van der Waals surface area (Å²) in [6.45, 7) is -0.0141. The molecule has 0 spiro atoms. The Labute approximate surface area is 95.2 Å². The molecule has 17 heavy (non-hydrogen) atoms. The fraction of sp³-hybridized carbons (Fsp3) is 0.300. The molecule has 90 valence electrons. The quantitative estimate of drug-likeness (QED) is 0.590. The maximum atomic E-state index is 13.4. The number of nitrogens with zero attached hydrogens (tertiary/aromatic N) is 1. The lowest BCUT2D eigenvalue weighted by Gasteiger charge is -2.23. The van der Waals surface area contributed by atoms with E-state index in [0.29, 0.717) is 0 Å². The summed E-state index contributed by atoms with van der Waals surface area (Å²) < 4.78 is 13.4. The number of hydrogen-bond acceptors (Lipinski definition) is 4. The van der Waals surface area contributed by atoms with E-state index in [1.807, 2.05) is 0 Å². The SMILES string of the molecule is O=C(O)C1Cc2c([N+](=O)[O-])ccc(F)c2CN1. The standard InChI is InChI=1S/C10H9FN2O4/c11-7-1-2-9(13(16)17)5-3-8(10(14)15)12-4-6(5)7/h1-2,8,12H,3-4H2,(H,14,15). The first-order chi connectivity index (χ1) is 8.00. The molecule has 1 unspecified atom stereocenters. The molecule has 1 heterocycles. The Morgan fingerprint density at radius 3 is 2.82 bits per heavy atom. The largest absolute Gasteiger partial charge is 0.480 e. The van der Waals surface area contributed by atoms with Gasteiger partial charge in [-0.25, -0.2) is 4.39 Å². The fourth-order valence-corrected chi connectivity index (χ4v) is 1.92. The van der Waals surface area contributed by atoms with Crippen molar-refractivity contribution >= 4 is 11.7 Å². The van der Waals surface area contributed by atoms with Gasteiger partial charge in [0.05, 0.1) is 4.92 Å². The van der Waals surface area contributed by atoms with Gasteiger partial charge in [-0.15, -0.1) is 0 Å². The number of aliphatic carboxylic acids is 1. The number of carboxylic acids is 1. The summed E-state index contributed by atoms with van der Waals surface area (Å²) in [6, 6.07) is 1.18. The molecule has 1 aromatic carbocycles. The van der Waals surface area contributed by atoms with E-state index >= 15 is 0 Å². The Bertz CT molecular complexity index is 503. The topological polar surface area (TPSA) is 92.5 Å². The smallest absolute Gasteiger partial charge is 0.321 e. The molecule has 0 amide bonds. The zero-order valence-corrected chi connectivity index (χ0v) is 8.64. The number of nitro groups is 1. The van der Waals surface area contributed by atoms with Crippen molar-refractivity contribution in [3.8, 4) is 0 Å². The predicted molar refractivity (Wildman–Crippen MR) is 55.0 cm³/mol. The second-order valence-electron chi connectivity index (χ2n) is 3.76. The van der Waals surface area contributed by atoms with Crippen LogP contribution in [0.4, 0.5) is 10.1 Å². The monoisotopic (exact) mass is 240 g/mol. The number of rotatable bonds is 2. The number of carboxylic acid groups (broad SMARTS) is 1. The number of halogens is 1. The van der Waals surface area contributed by atoms with Gasteiger partial charge in [-0.1, -0.05) is 0 Å². The number of nitrogens with one attached hydrogen (secondary N) is 1. The lowest BCUT2D eigenvalue weighted by molar-refractivity contribution is -0.385. The number of nitro benzene ring substituents is 1. The Morgan fingerprint density at radius 2 is 2.24 bits per heavy atom. The van der Waals surface area contributed by atoms with Gasteiger partial charge in [0.2, 0.25) is 0 Å². The average Bonchev–Trinajstić information content (AvgIpc) is 2.28. The first-order valence-electron chi connectivity index (χ1n) is 4.91. The summed E-state index contributed by atoms with van der Waals surface area (Å²) in [5.41, 5.74) is 0.118. The van der Waals surface area contributed by atoms with Crippen molar-refractivity contribution in [3.05, 3.63) is 39.2 Å². The van der Waals surface area contributed by atoms with Crippen LogP contribution in [0.1, 0.15) is 11.1 Å². The highest BCUT2D eigenvalue weighted by molar-refractivity contribution is 5.75. The third-order valence-corrected chi connectivity index (χ3v) is 2.78. The minimum absolute atomic E-state index is 0.0141. The van der Waals surface area contributed by atoms with Gasteiger partial charge in [-0.05, 0) is 6.07 Å². The van der Waals surface area contributed by atoms with Crippen LogP contribution in [0.5, 0.6) is 0 Å². The normalized spacial score (nSPS) is 18.5. The van der Waals surface area contributed by atoms with Crippen LogP contribution in [0, 0.1) is 15.9 Å². The van der Waals surface area contributed by atoms with Crippen molar-refractivity contribution in [2.45, 2.75) is 19.0 Å². The van der Waals surface area contributed by atoms with Crippen LogP contribution in [0.25, 0.3) is 0 Å². The molecule has 6 nitrogen and oxygen atoms in total. The first-order valence-corrected chi connectivity index (χ1v) is 4.91. The Morgan fingerprint density at radius 1 is 1.53 bits per heavy atom. The summed E-state index contributed by atoms with van der Waals surface area (Å²) in [7, 11) is 0. The molecule has 1 aromatic rings. The predicted octanol–water partition coefficient (Wildman–Crippen LogP) is 0.833. The maximum absolute atomic E-state index is 13.4. The molecule has 0 saturated carbocycles. The van der Waals surface area contributed by atoms with E-state index in [1.54, 1.807) is 0 Å². The second kappa shape index (κ2) is 4.10. The van der Waals surface area contributed by atoms with Crippen molar-refractivity contribution < 1.29 is 19.2 Å². The minimum atomic E-state index is -1.10. The molecule has 0 fully saturated rings. The molecule has 0 bridgehead atoms.